The summed E-state index contributed by atoms with van der Waals surface area (Å²) in [5.74, 6) is 2.33. The predicted octanol–water partition coefficient (Wildman–Crippen LogP) is 1.90. The van der Waals surface area contributed by atoms with Gasteiger partial charge in [-0.2, -0.15) is 0 Å². The zero-order valence-corrected chi connectivity index (χ0v) is 11.3. The maximum absolute atomic E-state index is 12.0. The first-order valence-electron chi connectivity index (χ1n) is 6.96. The number of hydrogen-bond acceptors (Lipinski definition) is 3. The highest BCUT2D eigenvalue weighted by molar-refractivity contribution is 8.14. The van der Waals surface area contributed by atoms with Crippen LogP contribution in [0.1, 0.15) is 38.5 Å². The molecule has 2 aliphatic carbocycles. The van der Waals surface area contributed by atoms with E-state index in [4.69, 9.17) is 0 Å². The summed E-state index contributed by atoms with van der Waals surface area (Å²) in [7, 11) is 0. The van der Waals surface area contributed by atoms with Crippen LogP contribution in [0.2, 0.25) is 0 Å². The second-order valence-electron chi connectivity index (χ2n) is 5.77. The molecule has 0 bridgehead atoms. The van der Waals surface area contributed by atoms with Gasteiger partial charge < -0.3 is 10.6 Å². The first-order chi connectivity index (χ1) is 8.72. The second-order valence-corrected chi connectivity index (χ2v) is 6.76. The van der Waals surface area contributed by atoms with Gasteiger partial charge in [0.1, 0.15) is 6.04 Å². The zero-order chi connectivity index (χ0) is 12.5. The molecule has 3 aliphatic rings. The summed E-state index contributed by atoms with van der Waals surface area (Å²) in [6.07, 6.45) is 7.62. The van der Waals surface area contributed by atoms with Crippen molar-refractivity contribution in [3.63, 3.8) is 0 Å². The molecule has 5 heteroatoms. The lowest BCUT2D eigenvalue weighted by Gasteiger charge is -2.32. The molecule has 1 heterocycles. The predicted molar refractivity (Wildman–Crippen MR) is 71.4 cm³/mol. The van der Waals surface area contributed by atoms with Crippen molar-refractivity contribution < 1.29 is 9.59 Å². The van der Waals surface area contributed by atoms with Gasteiger partial charge in [-0.1, -0.05) is 31.0 Å². The fraction of sp³-hybridized carbons (Fsp3) is 0.846. The molecule has 4 nitrogen and oxygen atoms in total. The van der Waals surface area contributed by atoms with Gasteiger partial charge in [0.25, 0.3) is 5.24 Å². The molecule has 2 saturated carbocycles. The summed E-state index contributed by atoms with van der Waals surface area (Å²) in [4.78, 5) is 23.1. The van der Waals surface area contributed by atoms with Crippen LogP contribution in [0, 0.1) is 11.8 Å². The van der Waals surface area contributed by atoms with Gasteiger partial charge in [-0.3, -0.25) is 9.59 Å². The summed E-state index contributed by atoms with van der Waals surface area (Å²) in [6.45, 7) is 0. The van der Waals surface area contributed by atoms with Crippen molar-refractivity contribution in [1.82, 2.24) is 10.6 Å². The van der Waals surface area contributed by atoms with Crippen molar-refractivity contribution in [1.29, 1.82) is 0 Å². The Hall–Kier alpha value is -0.710. The van der Waals surface area contributed by atoms with Crippen molar-refractivity contribution in [3.05, 3.63) is 0 Å². The van der Waals surface area contributed by atoms with E-state index in [1.54, 1.807) is 0 Å². The number of rotatable bonds is 2. The monoisotopic (exact) mass is 268 g/mol. The Morgan fingerprint density at radius 1 is 1.22 bits per heavy atom. The quantitative estimate of drug-likeness (QED) is 0.804. The van der Waals surface area contributed by atoms with Gasteiger partial charge >= 0.3 is 0 Å². The molecule has 3 rings (SSSR count). The van der Waals surface area contributed by atoms with Crippen molar-refractivity contribution >= 4 is 22.9 Å². The lowest BCUT2D eigenvalue weighted by Crippen LogP contribution is -2.48. The van der Waals surface area contributed by atoms with Crippen molar-refractivity contribution in [2.75, 3.05) is 5.75 Å². The van der Waals surface area contributed by atoms with Crippen molar-refractivity contribution in [2.45, 2.75) is 50.6 Å². The summed E-state index contributed by atoms with van der Waals surface area (Å²) in [6, 6.07) is 0.0168. The standard InChI is InChI=1S/C13H20N2O2S/c16-12(11-7-18-13(17)15-11)14-10-5-4-8-2-1-3-9(8)6-10/h8-11H,1-7H2,(H,14,16)(H,15,17). The van der Waals surface area contributed by atoms with Crippen LogP contribution in [0.15, 0.2) is 0 Å². The van der Waals surface area contributed by atoms with E-state index in [0.717, 1.165) is 24.7 Å². The molecule has 4 unspecified atom stereocenters. The summed E-state index contributed by atoms with van der Waals surface area (Å²) >= 11 is 1.20. The number of carbonyl (C=O) groups excluding carboxylic acids is 2. The summed E-state index contributed by atoms with van der Waals surface area (Å²) in [5, 5.41) is 5.75. The van der Waals surface area contributed by atoms with Crippen molar-refractivity contribution in [2.24, 2.45) is 11.8 Å². The molecular weight excluding hydrogens is 248 g/mol. The van der Waals surface area contributed by atoms with Crippen LogP contribution in [0.4, 0.5) is 4.79 Å². The molecule has 0 aromatic rings. The van der Waals surface area contributed by atoms with E-state index in [0.29, 0.717) is 11.8 Å². The molecule has 2 N–H and O–H groups in total. The lowest BCUT2D eigenvalue weighted by molar-refractivity contribution is -0.123. The van der Waals surface area contributed by atoms with E-state index < -0.39 is 0 Å². The third-order valence-corrected chi connectivity index (χ3v) is 5.51. The Balaban J connectivity index is 1.50. The second kappa shape index (κ2) is 5.11. The molecule has 0 aromatic carbocycles. The number of hydrogen-bond donors (Lipinski definition) is 2. The molecule has 18 heavy (non-hydrogen) atoms. The summed E-state index contributed by atoms with van der Waals surface area (Å²) < 4.78 is 0. The summed E-state index contributed by atoms with van der Waals surface area (Å²) in [5.41, 5.74) is 0. The van der Waals surface area contributed by atoms with E-state index in [1.165, 1.54) is 37.4 Å². The highest BCUT2D eigenvalue weighted by Gasteiger charge is 2.36. The average Bonchev–Trinajstić information content (AvgIpc) is 2.96. The van der Waals surface area contributed by atoms with E-state index in [2.05, 4.69) is 10.6 Å². The maximum atomic E-state index is 12.0. The molecular formula is C13H20N2O2S. The van der Waals surface area contributed by atoms with Crippen LogP contribution >= 0.6 is 11.8 Å². The topological polar surface area (TPSA) is 58.2 Å². The Morgan fingerprint density at radius 2 is 2.06 bits per heavy atom. The fourth-order valence-corrected chi connectivity index (χ4v) is 4.44. The smallest absolute Gasteiger partial charge is 0.279 e. The van der Waals surface area contributed by atoms with Gasteiger partial charge in [-0.25, -0.2) is 0 Å². The van der Waals surface area contributed by atoms with Crippen LogP contribution in [-0.2, 0) is 4.79 Å². The van der Waals surface area contributed by atoms with E-state index in [-0.39, 0.29) is 17.2 Å². The maximum Gasteiger partial charge on any atom is 0.279 e. The number of thioether (sulfide) groups is 1. The molecule has 0 radical (unpaired) electrons. The van der Waals surface area contributed by atoms with Crippen LogP contribution < -0.4 is 10.6 Å². The van der Waals surface area contributed by atoms with Gasteiger partial charge in [0.05, 0.1) is 0 Å². The number of fused-ring (bicyclic) bond motifs is 1. The van der Waals surface area contributed by atoms with E-state index in [1.807, 2.05) is 0 Å². The van der Waals surface area contributed by atoms with E-state index >= 15 is 0 Å². The van der Waals surface area contributed by atoms with Gasteiger partial charge in [0.2, 0.25) is 5.91 Å². The minimum atomic E-state index is -0.316. The molecule has 3 fully saturated rings. The van der Waals surface area contributed by atoms with Gasteiger partial charge in [-0.05, 0) is 31.1 Å². The van der Waals surface area contributed by atoms with Gasteiger partial charge in [-0.15, -0.1) is 0 Å². The first kappa shape index (κ1) is 12.3. The molecule has 100 valence electrons. The molecule has 1 aliphatic heterocycles. The molecule has 0 aromatic heterocycles. The average molecular weight is 268 g/mol. The Morgan fingerprint density at radius 3 is 2.83 bits per heavy atom. The Kier molecular flexibility index (Phi) is 3.50. The minimum absolute atomic E-state index is 0.00907. The largest absolute Gasteiger partial charge is 0.352 e. The van der Waals surface area contributed by atoms with Crippen LogP contribution in [0.5, 0.6) is 0 Å². The van der Waals surface area contributed by atoms with E-state index in [9.17, 15) is 9.59 Å². The SMILES string of the molecule is O=C1NC(C(=O)NC2CCC3CCCC3C2)CS1. The number of nitrogens with one attached hydrogen (secondary N) is 2. The molecule has 1 saturated heterocycles. The van der Waals surface area contributed by atoms with Crippen LogP contribution in [0.25, 0.3) is 0 Å². The lowest BCUT2D eigenvalue weighted by atomic mass is 9.79. The normalized spacial score (nSPS) is 39.2. The Bertz CT molecular complexity index is 361. The zero-order valence-electron chi connectivity index (χ0n) is 10.5. The van der Waals surface area contributed by atoms with Gasteiger partial charge in [0, 0.05) is 11.8 Å². The number of amides is 2. The third kappa shape index (κ3) is 2.51. The highest BCUT2D eigenvalue weighted by atomic mass is 32.2. The van der Waals surface area contributed by atoms with Gasteiger partial charge in [0.15, 0.2) is 0 Å². The number of carbonyl (C=O) groups is 2. The van der Waals surface area contributed by atoms with Crippen LogP contribution in [0.3, 0.4) is 0 Å². The third-order valence-electron chi connectivity index (χ3n) is 4.63. The molecule has 4 atom stereocenters. The molecule has 0 spiro atoms. The highest BCUT2D eigenvalue weighted by Crippen LogP contribution is 2.42. The van der Waals surface area contributed by atoms with Crippen molar-refractivity contribution in [3.8, 4) is 0 Å². The minimum Gasteiger partial charge on any atom is -0.352 e. The first-order valence-corrected chi connectivity index (χ1v) is 7.94. The van der Waals surface area contributed by atoms with Crippen LogP contribution in [-0.4, -0.2) is 29.0 Å². The Labute approximate surface area is 112 Å². The fourth-order valence-electron chi connectivity index (χ4n) is 3.66. The molecule has 2 amide bonds.